The van der Waals surface area contributed by atoms with Crippen LogP contribution in [0.15, 0.2) is 133 Å². The average Bonchev–Trinajstić information content (AvgIpc) is 2.91. The maximum absolute atomic E-state index is 3.51. The number of nitrogens with one attached hydrogen (secondary N) is 1. The SMILES string of the molecule is CC(C)(c1ccccc1)c1ccc(-c2ccc(Nc3ccc(-c4ccccc4)cc3)cc2)cc1. The first kappa shape index (κ1) is 21.7. The van der Waals surface area contributed by atoms with Crippen molar-refractivity contribution in [2.45, 2.75) is 19.3 Å². The number of anilines is 2. The second kappa shape index (κ2) is 9.41. The van der Waals surface area contributed by atoms with Gasteiger partial charge in [0.15, 0.2) is 0 Å². The van der Waals surface area contributed by atoms with Gasteiger partial charge in [0.05, 0.1) is 0 Å². The van der Waals surface area contributed by atoms with E-state index in [0.717, 1.165) is 11.4 Å². The fraction of sp³-hybridized carbons (Fsp3) is 0.0909. The van der Waals surface area contributed by atoms with Crippen molar-refractivity contribution < 1.29 is 0 Å². The molecule has 0 saturated carbocycles. The van der Waals surface area contributed by atoms with E-state index in [0.29, 0.717) is 0 Å². The minimum atomic E-state index is -0.0242. The Morgan fingerprint density at radius 1 is 0.382 bits per heavy atom. The van der Waals surface area contributed by atoms with Gasteiger partial charge in [0.1, 0.15) is 0 Å². The van der Waals surface area contributed by atoms with Crippen LogP contribution in [0.25, 0.3) is 22.3 Å². The van der Waals surface area contributed by atoms with Gasteiger partial charge < -0.3 is 5.32 Å². The van der Waals surface area contributed by atoms with E-state index in [2.05, 4.69) is 147 Å². The lowest BCUT2D eigenvalue weighted by atomic mass is 9.78. The zero-order chi connectivity index (χ0) is 23.4. The minimum Gasteiger partial charge on any atom is -0.356 e. The van der Waals surface area contributed by atoms with E-state index < -0.39 is 0 Å². The van der Waals surface area contributed by atoms with Crippen molar-refractivity contribution in [2.24, 2.45) is 0 Å². The van der Waals surface area contributed by atoms with E-state index in [1.54, 1.807) is 0 Å². The van der Waals surface area contributed by atoms with Gasteiger partial charge in [-0.15, -0.1) is 0 Å². The second-order valence-electron chi connectivity index (χ2n) is 9.21. The van der Waals surface area contributed by atoms with Crippen molar-refractivity contribution in [3.63, 3.8) is 0 Å². The largest absolute Gasteiger partial charge is 0.356 e. The summed E-state index contributed by atoms with van der Waals surface area (Å²) >= 11 is 0. The summed E-state index contributed by atoms with van der Waals surface area (Å²) in [6.07, 6.45) is 0. The van der Waals surface area contributed by atoms with Crippen molar-refractivity contribution in [1.82, 2.24) is 0 Å². The molecule has 0 unspecified atom stereocenters. The van der Waals surface area contributed by atoms with Gasteiger partial charge in [-0.3, -0.25) is 0 Å². The van der Waals surface area contributed by atoms with Crippen LogP contribution in [0.1, 0.15) is 25.0 Å². The number of hydrogen-bond acceptors (Lipinski definition) is 1. The molecule has 0 aliphatic carbocycles. The molecule has 5 aromatic carbocycles. The van der Waals surface area contributed by atoms with Crippen LogP contribution in [-0.2, 0) is 5.41 Å². The highest BCUT2D eigenvalue weighted by Crippen LogP contribution is 2.33. The van der Waals surface area contributed by atoms with E-state index in [1.807, 2.05) is 6.07 Å². The molecule has 166 valence electrons. The molecule has 0 radical (unpaired) electrons. The number of benzene rings is 5. The molecule has 0 saturated heterocycles. The fourth-order valence-electron chi connectivity index (χ4n) is 4.39. The van der Waals surface area contributed by atoms with Crippen molar-refractivity contribution in [3.05, 3.63) is 145 Å². The van der Waals surface area contributed by atoms with Crippen molar-refractivity contribution >= 4 is 11.4 Å². The summed E-state index contributed by atoms with van der Waals surface area (Å²) in [5.41, 5.74) is 9.69. The van der Waals surface area contributed by atoms with Gasteiger partial charge in [-0.05, 0) is 57.6 Å². The molecule has 5 aromatic rings. The van der Waals surface area contributed by atoms with Gasteiger partial charge >= 0.3 is 0 Å². The molecule has 0 aliphatic heterocycles. The van der Waals surface area contributed by atoms with Crippen LogP contribution in [0.3, 0.4) is 0 Å². The van der Waals surface area contributed by atoms with Crippen LogP contribution in [0.2, 0.25) is 0 Å². The lowest BCUT2D eigenvalue weighted by molar-refractivity contribution is 0.641. The zero-order valence-corrected chi connectivity index (χ0v) is 19.7. The quantitative estimate of drug-likeness (QED) is 0.278. The topological polar surface area (TPSA) is 12.0 Å². The lowest BCUT2D eigenvalue weighted by Crippen LogP contribution is -2.18. The maximum atomic E-state index is 3.51. The van der Waals surface area contributed by atoms with Gasteiger partial charge in [-0.2, -0.15) is 0 Å². The first-order valence-electron chi connectivity index (χ1n) is 11.8. The Hall–Kier alpha value is -4.10. The summed E-state index contributed by atoms with van der Waals surface area (Å²) in [4.78, 5) is 0. The molecule has 0 fully saturated rings. The fourth-order valence-corrected chi connectivity index (χ4v) is 4.39. The summed E-state index contributed by atoms with van der Waals surface area (Å²) in [5.74, 6) is 0. The third kappa shape index (κ3) is 4.65. The molecule has 0 spiro atoms. The van der Waals surface area contributed by atoms with E-state index >= 15 is 0 Å². The normalized spacial score (nSPS) is 11.2. The molecule has 1 N–H and O–H groups in total. The van der Waals surface area contributed by atoms with Crippen LogP contribution < -0.4 is 5.32 Å². The predicted molar refractivity (Wildman–Crippen MR) is 146 cm³/mol. The Bertz CT molecular complexity index is 1330. The second-order valence-corrected chi connectivity index (χ2v) is 9.21. The Morgan fingerprint density at radius 2 is 0.735 bits per heavy atom. The van der Waals surface area contributed by atoms with E-state index in [-0.39, 0.29) is 5.41 Å². The molecule has 34 heavy (non-hydrogen) atoms. The van der Waals surface area contributed by atoms with Crippen LogP contribution in [0, 0.1) is 0 Å². The molecule has 0 amide bonds. The summed E-state index contributed by atoms with van der Waals surface area (Å²) in [6, 6.07) is 47.3. The molecule has 5 rings (SSSR count). The lowest BCUT2D eigenvalue weighted by Gasteiger charge is -2.26. The van der Waals surface area contributed by atoms with E-state index in [4.69, 9.17) is 0 Å². The highest BCUT2D eigenvalue weighted by Gasteiger charge is 2.22. The first-order chi connectivity index (χ1) is 16.6. The van der Waals surface area contributed by atoms with Crippen molar-refractivity contribution in [1.29, 1.82) is 0 Å². The van der Waals surface area contributed by atoms with Gasteiger partial charge in [-0.25, -0.2) is 0 Å². The molecule has 0 bridgehead atoms. The van der Waals surface area contributed by atoms with Gasteiger partial charge in [-0.1, -0.05) is 123 Å². The maximum Gasteiger partial charge on any atom is 0.0384 e. The third-order valence-corrected chi connectivity index (χ3v) is 6.60. The molecule has 0 heterocycles. The first-order valence-corrected chi connectivity index (χ1v) is 11.8. The Morgan fingerprint density at radius 3 is 1.21 bits per heavy atom. The molecule has 0 aliphatic rings. The molecular weight excluding hydrogens is 410 g/mol. The van der Waals surface area contributed by atoms with Crippen LogP contribution in [0.5, 0.6) is 0 Å². The Kier molecular flexibility index (Phi) is 6.01. The van der Waals surface area contributed by atoms with Gasteiger partial charge in [0.2, 0.25) is 0 Å². The summed E-state index contributed by atoms with van der Waals surface area (Å²) in [5, 5.41) is 3.51. The standard InChI is InChI=1S/C33H29N/c1-33(2,29-11-7-4-8-12-29)30-19-13-26(14-20-30)28-17-23-32(24-18-28)34-31-21-15-27(16-22-31)25-9-5-3-6-10-25/h3-24,34H,1-2H3. The van der Waals surface area contributed by atoms with Gasteiger partial charge in [0, 0.05) is 16.8 Å². The summed E-state index contributed by atoms with van der Waals surface area (Å²) in [7, 11) is 0. The number of hydrogen-bond donors (Lipinski definition) is 1. The summed E-state index contributed by atoms with van der Waals surface area (Å²) in [6.45, 7) is 4.56. The molecule has 0 aromatic heterocycles. The number of rotatable bonds is 6. The smallest absolute Gasteiger partial charge is 0.0384 e. The molecule has 1 nitrogen and oxygen atoms in total. The van der Waals surface area contributed by atoms with Crippen molar-refractivity contribution in [3.8, 4) is 22.3 Å². The van der Waals surface area contributed by atoms with Crippen LogP contribution >= 0.6 is 0 Å². The highest BCUT2D eigenvalue weighted by molar-refractivity contribution is 5.71. The van der Waals surface area contributed by atoms with Crippen LogP contribution in [-0.4, -0.2) is 0 Å². The average molecular weight is 440 g/mol. The zero-order valence-electron chi connectivity index (χ0n) is 19.7. The highest BCUT2D eigenvalue weighted by atomic mass is 14.9. The Balaban J connectivity index is 1.28. The molecule has 0 atom stereocenters. The summed E-state index contributed by atoms with van der Waals surface area (Å²) < 4.78 is 0. The predicted octanol–water partition coefficient (Wildman–Crippen LogP) is 9.09. The Labute approximate surface area is 202 Å². The van der Waals surface area contributed by atoms with E-state index in [9.17, 15) is 0 Å². The third-order valence-electron chi connectivity index (χ3n) is 6.60. The van der Waals surface area contributed by atoms with Crippen molar-refractivity contribution in [2.75, 3.05) is 5.32 Å². The monoisotopic (exact) mass is 439 g/mol. The molecular formula is C33H29N. The van der Waals surface area contributed by atoms with Crippen LogP contribution in [0.4, 0.5) is 11.4 Å². The minimum absolute atomic E-state index is 0.0242. The van der Waals surface area contributed by atoms with E-state index in [1.165, 1.54) is 33.4 Å². The molecule has 1 heteroatoms. The van der Waals surface area contributed by atoms with Gasteiger partial charge in [0.25, 0.3) is 0 Å².